The third-order valence-corrected chi connectivity index (χ3v) is 6.12. The van der Waals surface area contributed by atoms with Crippen molar-refractivity contribution in [2.45, 2.75) is 27.2 Å². The smallest absolute Gasteiger partial charge is 0.266 e. The third kappa shape index (κ3) is 5.40. The van der Waals surface area contributed by atoms with E-state index in [2.05, 4.69) is 19.9 Å². The van der Waals surface area contributed by atoms with Crippen LogP contribution in [-0.2, 0) is 4.79 Å². The van der Waals surface area contributed by atoms with Gasteiger partial charge in [0, 0.05) is 13.0 Å². The lowest BCUT2D eigenvalue weighted by atomic mass is 10.1. The van der Waals surface area contributed by atoms with Crippen LogP contribution in [0.5, 0.6) is 11.5 Å². The average molecular weight is 428 g/mol. The standard InChI is InChI=1S/C23H25NO3S2/c1-4-24-22(25)21(29-23(24)28)15-18-9-11-19(12-10-18)26-13-6-14-27-20-8-5-7-16(2)17(20)3/h5,7-12,15H,4,6,13-14H2,1-3H3. The van der Waals surface area contributed by atoms with E-state index in [-0.39, 0.29) is 5.91 Å². The van der Waals surface area contributed by atoms with Crippen molar-refractivity contribution >= 4 is 40.3 Å². The largest absolute Gasteiger partial charge is 0.493 e. The van der Waals surface area contributed by atoms with Gasteiger partial charge < -0.3 is 9.47 Å². The van der Waals surface area contributed by atoms with E-state index in [1.807, 2.05) is 49.4 Å². The first-order chi connectivity index (χ1) is 14.0. The molecule has 0 aromatic heterocycles. The zero-order chi connectivity index (χ0) is 20.8. The summed E-state index contributed by atoms with van der Waals surface area (Å²) < 4.78 is 12.3. The fraction of sp³-hybridized carbons (Fsp3) is 0.304. The van der Waals surface area contributed by atoms with Gasteiger partial charge in [0.1, 0.15) is 15.8 Å². The minimum atomic E-state index is -0.0216. The van der Waals surface area contributed by atoms with Crippen molar-refractivity contribution in [3.8, 4) is 11.5 Å². The summed E-state index contributed by atoms with van der Waals surface area (Å²) in [6.07, 6.45) is 2.67. The lowest BCUT2D eigenvalue weighted by Gasteiger charge is -2.11. The van der Waals surface area contributed by atoms with Crippen molar-refractivity contribution in [1.82, 2.24) is 4.90 Å². The maximum Gasteiger partial charge on any atom is 0.266 e. The Labute approximate surface area is 181 Å². The molecule has 0 atom stereocenters. The van der Waals surface area contributed by atoms with Crippen LogP contribution in [0.4, 0.5) is 0 Å². The van der Waals surface area contributed by atoms with Crippen LogP contribution in [0, 0.1) is 13.8 Å². The molecule has 0 unspecified atom stereocenters. The van der Waals surface area contributed by atoms with E-state index < -0.39 is 0 Å². The SMILES string of the molecule is CCN1C(=O)C(=Cc2ccc(OCCCOc3cccc(C)c3C)cc2)SC1=S. The van der Waals surface area contributed by atoms with Crippen LogP contribution in [0.25, 0.3) is 6.08 Å². The number of benzene rings is 2. The third-order valence-electron chi connectivity index (χ3n) is 4.74. The molecule has 2 aromatic rings. The Morgan fingerprint density at radius 3 is 2.48 bits per heavy atom. The summed E-state index contributed by atoms with van der Waals surface area (Å²) >= 11 is 6.59. The van der Waals surface area contributed by atoms with E-state index in [1.54, 1.807) is 4.90 Å². The highest BCUT2D eigenvalue weighted by molar-refractivity contribution is 8.26. The number of rotatable bonds is 8. The monoisotopic (exact) mass is 427 g/mol. The van der Waals surface area contributed by atoms with Crippen LogP contribution in [0.1, 0.15) is 30.0 Å². The van der Waals surface area contributed by atoms with Crippen molar-refractivity contribution in [3.05, 3.63) is 64.1 Å². The first kappa shape index (κ1) is 21.4. The average Bonchev–Trinajstić information content (AvgIpc) is 2.98. The molecule has 1 heterocycles. The molecule has 1 fully saturated rings. The van der Waals surface area contributed by atoms with Gasteiger partial charge in [-0.2, -0.15) is 0 Å². The van der Waals surface area contributed by atoms with Gasteiger partial charge in [-0.05, 0) is 61.7 Å². The van der Waals surface area contributed by atoms with Gasteiger partial charge in [-0.3, -0.25) is 9.69 Å². The lowest BCUT2D eigenvalue weighted by Crippen LogP contribution is -2.27. The number of hydrogen-bond donors (Lipinski definition) is 0. The second-order valence-electron chi connectivity index (χ2n) is 6.74. The highest BCUT2D eigenvalue weighted by atomic mass is 32.2. The van der Waals surface area contributed by atoms with Crippen molar-refractivity contribution < 1.29 is 14.3 Å². The summed E-state index contributed by atoms with van der Waals surface area (Å²) in [5.74, 6) is 1.71. The number of hydrogen-bond acceptors (Lipinski definition) is 5. The number of carbonyl (C=O) groups is 1. The van der Waals surface area contributed by atoms with Crippen LogP contribution in [0.3, 0.4) is 0 Å². The Bertz CT molecular complexity index is 922. The Kier molecular flexibility index (Phi) is 7.34. The lowest BCUT2D eigenvalue weighted by molar-refractivity contribution is -0.121. The molecule has 0 aliphatic carbocycles. The minimum Gasteiger partial charge on any atom is -0.493 e. The molecule has 1 saturated heterocycles. The van der Waals surface area contributed by atoms with Gasteiger partial charge in [-0.1, -0.05) is 48.2 Å². The molecule has 1 aliphatic rings. The van der Waals surface area contributed by atoms with Crippen LogP contribution in [0.15, 0.2) is 47.4 Å². The number of likely N-dealkylation sites (N-methyl/N-ethyl adjacent to an activating group) is 1. The topological polar surface area (TPSA) is 38.8 Å². The van der Waals surface area contributed by atoms with Crippen LogP contribution >= 0.6 is 24.0 Å². The quantitative estimate of drug-likeness (QED) is 0.322. The van der Waals surface area contributed by atoms with Gasteiger partial charge in [-0.25, -0.2) is 0 Å². The summed E-state index contributed by atoms with van der Waals surface area (Å²) in [5, 5.41) is 0. The van der Waals surface area contributed by atoms with Gasteiger partial charge in [0.15, 0.2) is 0 Å². The van der Waals surface area contributed by atoms with E-state index in [1.165, 1.54) is 22.9 Å². The number of nitrogens with zero attached hydrogens (tertiary/aromatic N) is 1. The van der Waals surface area contributed by atoms with Crippen LogP contribution < -0.4 is 9.47 Å². The molecule has 4 nitrogen and oxygen atoms in total. The zero-order valence-electron chi connectivity index (χ0n) is 16.9. The fourth-order valence-corrected chi connectivity index (χ4v) is 4.28. The maximum atomic E-state index is 12.3. The highest BCUT2D eigenvalue weighted by Gasteiger charge is 2.30. The molecular formula is C23H25NO3S2. The van der Waals surface area contributed by atoms with Gasteiger partial charge in [0.25, 0.3) is 5.91 Å². The number of thioether (sulfide) groups is 1. The molecule has 0 saturated carbocycles. The van der Waals surface area contributed by atoms with Gasteiger partial charge in [0.2, 0.25) is 0 Å². The number of thiocarbonyl (C=S) groups is 1. The Morgan fingerprint density at radius 2 is 1.79 bits per heavy atom. The first-order valence-electron chi connectivity index (χ1n) is 9.67. The number of carbonyl (C=O) groups excluding carboxylic acids is 1. The Morgan fingerprint density at radius 1 is 1.07 bits per heavy atom. The maximum absolute atomic E-state index is 12.3. The zero-order valence-corrected chi connectivity index (χ0v) is 18.6. The highest BCUT2D eigenvalue weighted by Crippen LogP contribution is 2.32. The van der Waals surface area contributed by atoms with E-state index in [0.29, 0.717) is 29.0 Å². The summed E-state index contributed by atoms with van der Waals surface area (Å²) in [4.78, 5) is 14.6. The van der Waals surface area contributed by atoms with Gasteiger partial charge >= 0.3 is 0 Å². The molecule has 0 bridgehead atoms. The number of amides is 1. The second kappa shape index (κ2) is 9.94. The fourth-order valence-electron chi connectivity index (χ4n) is 2.90. The molecule has 2 aromatic carbocycles. The van der Waals surface area contributed by atoms with E-state index in [0.717, 1.165) is 23.5 Å². The van der Waals surface area contributed by atoms with Crippen LogP contribution in [0.2, 0.25) is 0 Å². The minimum absolute atomic E-state index is 0.0216. The molecule has 1 amide bonds. The summed E-state index contributed by atoms with van der Waals surface area (Å²) in [5.41, 5.74) is 3.36. The molecule has 3 rings (SSSR count). The molecule has 0 spiro atoms. The molecule has 29 heavy (non-hydrogen) atoms. The number of aryl methyl sites for hydroxylation is 1. The molecule has 6 heteroatoms. The predicted octanol–water partition coefficient (Wildman–Crippen LogP) is 5.37. The Balaban J connectivity index is 1.46. The molecule has 152 valence electrons. The van der Waals surface area contributed by atoms with E-state index >= 15 is 0 Å². The van der Waals surface area contributed by atoms with E-state index in [4.69, 9.17) is 21.7 Å². The van der Waals surface area contributed by atoms with Crippen molar-refractivity contribution in [2.24, 2.45) is 0 Å². The first-order valence-corrected chi connectivity index (χ1v) is 10.9. The summed E-state index contributed by atoms with van der Waals surface area (Å²) in [7, 11) is 0. The number of ether oxygens (including phenoxy) is 2. The van der Waals surface area contributed by atoms with Crippen LogP contribution in [-0.4, -0.2) is 34.9 Å². The molecule has 1 aliphatic heterocycles. The van der Waals surface area contributed by atoms with E-state index in [9.17, 15) is 4.79 Å². The summed E-state index contributed by atoms with van der Waals surface area (Å²) in [6.45, 7) is 7.87. The second-order valence-corrected chi connectivity index (χ2v) is 8.42. The van der Waals surface area contributed by atoms with Crippen molar-refractivity contribution in [2.75, 3.05) is 19.8 Å². The Hall–Kier alpha value is -2.31. The molecule has 0 radical (unpaired) electrons. The van der Waals surface area contributed by atoms with Gasteiger partial charge in [-0.15, -0.1) is 0 Å². The van der Waals surface area contributed by atoms with Crippen molar-refractivity contribution in [3.63, 3.8) is 0 Å². The molecule has 0 N–H and O–H groups in total. The summed E-state index contributed by atoms with van der Waals surface area (Å²) in [6, 6.07) is 13.8. The predicted molar refractivity (Wildman–Crippen MR) is 124 cm³/mol. The van der Waals surface area contributed by atoms with Crippen molar-refractivity contribution in [1.29, 1.82) is 0 Å². The van der Waals surface area contributed by atoms with Gasteiger partial charge in [0.05, 0.1) is 18.1 Å². The molecular weight excluding hydrogens is 402 g/mol. The normalized spacial score (nSPS) is 15.3.